The Kier molecular flexibility index (Phi) is 2.86. The van der Waals surface area contributed by atoms with Gasteiger partial charge >= 0.3 is 4.83 Å². The van der Waals surface area contributed by atoms with Gasteiger partial charge in [0.15, 0.2) is 0 Å². The smallest absolute Gasteiger partial charge is 0.326 e. The van der Waals surface area contributed by atoms with Gasteiger partial charge in [-0.25, -0.2) is 0 Å². The fourth-order valence-electron chi connectivity index (χ4n) is 1.54. The molecule has 1 fully saturated rings. The van der Waals surface area contributed by atoms with Gasteiger partial charge in [-0.1, -0.05) is 12.8 Å². The van der Waals surface area contributed by atoms with Gasteiger partial charge in [-0.3, -0.25) is 0 Å². The van der Waals surface area contributed by atoms with Gasteiger partial charge in [0.25, 0.3) is 0 Å². The molecule has 0 bridgehead atoms. The largest absolute Gasteiger partial charge is 0.386 e. The van der Waals surface area contributed by atoms with Crippen molar-refractivity contribution >= 4 is 15.9 Å². The molecule has 0 aromatic carbocycles. The maximum Gasteiger partial charge on any atom is 0.326 e. The number of aliphatic hydroxyl groups excluding tert-OH is 1. The third-order valence-electron chi connectivity index (χ3n) is 2.18. The molecule has 0 radical (unpaired) electrons. The molecule has 66 valence electrons. The van der Waals surface area contributed by atoms with Crippen LogP contribution < -0.4 is 0 Å². The summed E-state index contributed by atoms with van der Waals surface area (Å²) in [5, 5.41) is 9.09. The number of hydrogen-bond donors (Lipinski definition) is 1. The average Bonchev–Trinajstić information content (AvgIpc) is 2.34. The zero-order valence-corrected chi connectivity index (χ0v) is 7.65. The van der Waals surface area contributed by atoms with E-state index in [0.29, 0.717) is 0 Å². The minimum absolute atomic E-state index is 0.218. The van der Waals surface area contributed by atoms with E-state index in [-0.39, 0.29) is 5.92 Å². The second kappa shape index (κ2) is 3.35. The number of halogens is 3. The lowest BCUT2D eigenvalue weighted by Crippen LogP contribution is -2.33. The van der Waals surface area contributed by atoms with Gasteiger partial charge in [-0.05, 0) is 34.7 Å². The van der Waals surface area contributed by atoms with Crippen LogP contribution in [0.4, 0.5) is 8.78 Å². The maximum atomic E-state index is 12.4. The Morgan fingerprint density at radius 2 is 1.82 bits per heavy atom. The summed E-state index contributed by atoms with van der Waals surface area (Å²) >= 11 is 2.17. The van der Waals surface area contributed by atoms with Crippen LogP contribution in [0.2, 0.25) is 0 Å². The molecule has 0 spiro atoms. The molecule has 1 aliphatic carbocycles. The van der Waals surface area contributed by atoms with Crippen LogP contribution in [-0.2, 0) is 0 Å². The van der Waals surface area contributed by atoms with Crippen molar-refractivity contribution in [3.05, 3.63) is 0 Å². The molecule has 1 N–H and O–H groups in total. The zero-order chi connectivity index (χ0) is 8.48. The summed E-state index contributed by atoms with van der Waals surface area (Å²) in [5.41, 5.74) is 0. The molecule has 1 saturated carbocycles. The van der Waals surface area contributed by atoms with Crippen LogP contribution in [-0.4, -0.2) is 16.0 Å². The monoisotopic (exact) mass is 228 g/mol. The third-order valence-corrected chi connectivity index (χ3v) is 2.65. The summed E-state index contributed by atoms with van der Waals surface area (Å²) in [7, 11) is 0. The van der Waals surface area contributed by atoms with E-state index in [0.717, 1.165) is 25.7 Å². The molecule has 1 atom stereocenters. The Bertz CT molecular complexity index is 129. The lowest BCUT2D eigenvalue weighted by molar-refractivity contribution is -0.0578. The summed E-state index contributed by atoms with van der Waals surface area (Å²) in [4.78, 5) is -3.11. The van der Waals surface area contributed by atoms with Crippen LogP contribution in [0.15, 0.2) is 0 Å². The van der Waals surface area contributed by atoms with Crippen LogP contribution in [0.5, 0.6) is 0 Å². The van der Waals surface area contributed by atoms with Gasteiger partial charge < -0.3 is 5.11 Å². The van der Waals surface area contributed by atoms with Gasteiger partial charge in [-0.15, -0.1) is 0 Å². The lowest BCUT2D eigenvalue weighted by atomic mass is 10.0. The normalized spacial score (nSPS) is 24.0. The predicted octanol–water partition coefficient (Wildman–Crippen LogP) is 2.53. The summed E-state index contributed by atoms with van der Waals surface area (Å²) < 4.78 is 24.9. The molecule has 1 aliphatic rings. The van der Waals surface area contributed by atoms with Crippen molar-refractivity contribution in [3.63, 3.8) is 0 Å². The molecule has 0 amide bonds. The highest BCUT2D eigenvalue weighted by molar-refractivity contribution is 9.10. The van der Waals surface area contributed by atoms with E-state index in [1.54, 1.807) is 0 Å². The Balaban J connectivity index is 2.46. The van der Waals surface area contributed by atoms with Crippen molar-refractivity contribution in [2.24, 2.45) is 5.92 Å². The molecule has 1 unspecified atom stereocenters. The highest BCUT2D eigenvalue weighted by Crippen LogP contribution is 2.37. The van der Waals surface area contributed by atoms with Crippen molar-refractivity contribution in [1.29, 1.82) is 0 Å². The highest BCUT2D eigenvalue weighted by Gasteiger charge is 2.41. The Morgan fingerprint density at radius 1 is 1.36 bits per heavy atom. The Labute approximate surface area is 72.9 Å². The third kappa shape index (κ3) is 2.37. The summed E-state index contributed by atoms with van der Waals surface area (Å²) in [6.07, 6.45) is 1.87. The highest BCUT2D eigenvalue weighted by atomic mass is 79.9. The second-order valence-electron chi connectivity index (χ2n) is 3.03. The molecule has 0 saturated heterocycles. The first-order valence-corrected chi connectivity index (χ1v) is 4.56. The summed E-state index contributed by atoms with van der Waals surface area (Å²) in [5.74, 6) is -0.218. The molecule has 4 heteroatoms. The first kappa shape index (κ1) is 9.39. The Morgan fingerprint density at radius 3 is 2.18 bits per heavy atom. The van der Waals surface area contributed by atoms with E-state index in [2.05, 4.69) is 15.9 Å². The summed E-state index contributed by atoms with van der Waals surface area (Å²) in [6.45, 7) is 0. The van der Waals surface area contributed by atoms with Crippen molar-refractivity contribution < 1.29 is 13.9 Å². The van der Waals surface area contributed by atoms with Gasteiger partial charge in [0.2, 0.25) is 0 Å². The van der Waals surface area contributed by atoms with Crippen LogP contribution in [0.1, 0.15) is 25.7 Å². The number of alkyl halides is 3. The molecule has 1 rings (SSSR count). The number of aliphatic hydroxyl groups is 1. The van der Waals surface area contributed by atoms with Gasteiger partial charge in [0, 0.05) is 0 Å². The van der Waals surface area contributed by atoms with E-state index >= 15 is 0 Å². The Hall–Kier alpha value is 0.300. The minimum Gasteiger partial charge on any atom is -0.386 e. The van der Waals surface area contributed by atoms with Crippen LogP contribution in [0, 0.1) is 5.92 Å². The topological polar surface area (TPSA) is 20.2 Å². The van der Waals surface area contributed by atoms with E-state index in [9.17, 15) is 8.78 Å². The van der Waals surface area contributed by atoms with E-state index in [4.69, 9.17) is 5.11 Å². The minimum atomic E-state index is -3.11. The standard InChI is InChI=1S/C7H11BrF2O/c8-7(9,10)6(11)5-3-1-2-4-5/h5-6,11H,1-4H2. The molecule has 0 aromatic heterocycles. The molecular weight excluding hydrogens is 218 g/mol. The van der Waals surface area contributed by atoms with Crippen molar-refractivity contribution in [1.82, 2.24) is 0 Å². The number of rotatable bonds is 2. The number of hydrogen-bond acceptors (Lipinski definition) is 1. The average molecular weight is 229 g/mol. The van der Waals surface area contributed by atoms with Gasteiger partial charge in [0.1, 0.15) is 6.10 Å². The van der Waals surface area contributed by atoms with Crippen LogP contribution in [0.3, 0.4) is 0 Å². The van der Waals surface area contributed by atoms with Crippen molar-refractivity contribution in [2.75, 3.05) is 0 Å². The maximum absolute atomic E-state index is 12.4. The lowest BCUT2D eigenvalue weighted by Gasteiger charge is -2.21. The molecule has 0 aromatic rings. The predicted molar refractivity (Wildman–Crippen MR) is 41.8 cm³/mol. The summed E-state index contributed by atoms with van der Waals surface area (Å²) in [6, 6.07) is 0. The van der Waals surface area contributed by atoms with Gasteiger partial charge in [-0.2, -0.15) is 8.78 Å². The first-order chi connectivity index (χ1) is 5.02. The fraction of sp³-hybridized carbons (Fsp3) is 1.00. The molecule has 1 nitrogen and oxygen atoms in total. The van der Waals surface area contributed by atoms with E-state index in [1.165, 1.54) is 0 Å². The van der Waals surface area contributed by atoms with Gasteiger partial charge in [0.05, 0.1) is 0 Å². The van der Waals surface area contributed by atoms with Crippen molar-refractivity contribution in [3.8, 4) is 0 Å². The molecular formula is C7H11BrF2O. The molecule has 11 heavy (non-hydrogen) atoms. The fourth-order valence-corrected chi connectivity index (χ4v) is 1.91. The quantitative estimate of drug-likeness (QED) is 0.721. The SMILES string of the molecule is OC(C1CCCC1)C(F)(F)Br. The molecule has 0 aliphatic heterocycles. The second-order valence-corrected chi connectivity index (χ2v) is 4.09. The molecule has 0 heterocycles. The van der Waals surface area contributed by atoms with Crippen molar-refractivity contribution in [2.45, 2.75) is 36.6 Å². The van der Waals surface area contributed by atoms with E-state index < -0.39 is 10.9 Å². The zero-order valence-electron chi connectivity index (χ0n) is 6.06. The van der Waals surface area contributed by atoms with Crippen LogP contribution in [0.25, 0.3) is 0 Å². The first-order valence-electron chi connectivity index (χ1n) is 3.76. The van der Waals surface area contributed by atoms with Crippen LogP contribution >= 0.6 is 15.9 Å². The van der Waals surface area contributed by atoms with E-state index in [1.807, 2.05) is 0 Å².